The van der Waals surface area contributed by atoms with Crippen LogP contribution in [0.5, 0.6) is 0 Å². The smallest absolute Gasteiger partial charge is 0.336 e. The van der Waals surface area contributed by atoms with Crippen LogP contribution in [0.25, 0.3) is 11.1 Å². The highest BCUT2D eigenvalue weighted by Gasteiger charge is 2.22. The van der Waals surface area contributed by atoms with Gasteiger partial charge >= 0.3 is 5.97 Å². The van der Waals surface area contributed by atoms with E-state index in [-0.39, 0.29) is 0 Å². The number of rotatable bonds is 5. The van der Waals surface area contributed by atoms with Crippen LogP contribution in [0.1, 0.15) is 40.4 Å². The molecule has 5 heteroatoms. The largest absolute Gasteiger partial charge is 0.478 e. The molecule has 2 heterocycles. The first-order valence-electron chi connectivity index (χ1n) is 9.60. The zero-order valence-electron chi connectivity index (χ0n) is 15.7. The lowest BCUT2D eigenvalue weighted by atomic mass is 9.94. The van der Waals surface area contributed by atoms with E-state index in [1.54, 1.807) is 18.5 Å². The van der Waals surface area contributed by atoms with Gasteiger partial charge in [0, 0.05) is 30.9 Å². The number of carboxylic acids is 1. The topological polar surface area (TPSA) is 66.3 Å². The second kappa shape index (κ2) is 8.31. The molecule has 1 saturated heterocycles. The first-order chi connectivity index (χ1) is 13.7. The lowest BCUT2D eigenvalue weighted by Crippen LogP contribution is -2.34. The molecule has 1 N–H and O–H groups in total. The SMILES string of the molecule is O=C(O)c1ccccc1-c1ccc(CN2CCC[C@@H](c3ccncn3)C2)cc1. The van der Waals surface area contributed by atoms with E-state index in [1.807, 2.05) is 36.5 Å². The van der Waals surface area contributed by atoms with Gasteiger partial charge in [-0.15, -0.1) is 0 Å². The summed E-state index contributed by atoms with van der Waals surface area (Å²) < 4.78 is 0. The molecule has 1 aromatic heterocycles. The first kappa shape index (κ1) is 18.3. The molecule has 4 rings (SSSR count). The van der Waals surface area contributed by atoms with Gasteiger partial charge in [-0.2, -0.15) is 0 Å². The molecule has 0 spiro atoms. The van der Waals surface area contributed by atoms with Crippen LogP contribution >= 0.6 is 0 Å². The van der Waals surface area contributed by atoms with Crippen molar-refractivity contribution in [3.05, 3.63) is 83.9 Å². The summed E-state index contributed by atoms with van der Waals surface area (Å²) in [4.78, 5) is 22.4. The van der Waals surface area contributed by atoms with Crippen molar-refractivity contribution in [2.24, 2.45) is 0 Å². The summed E-state index contributed by atoms with van der Waals surface area (Å²) in [6.45, 7) is 2.98. The van der Waals surface area contributed by atoms with E-state index >= 15 is 0 Å². The summed E-state index contributed by atoms with van der Waals surface area (Å²) >= 11 is 0. The Balaban J connectivity index is 1.46. The van der Waals surface area contributed by atoms with Gasteiger partial charge in [-0.1, -0.05) is 42.5 Å². The monoisotopic (exact) mass is 373 g/mol. The number of aromatic carboxylic acids is 1. The van der Waals surface area contributed by atoms with Crippen molar-refractivity contribution in [3.8, 4) is 11.1 Å². The number of carboxylic acid groups (broad SMARTS) is 1. The van der Waals surface area contributed by atoms with Crippen LogP contribution in [0, 0.1) is 0 Å². The number of benzene rings is 2. The Labute approximate surface area is 164 Å². The Morgan fingerprint density at radius 1 is 1.11 bits per heavy atom. The van der Waals surface area contributed by atoms with Crippen LogP contribution in [-0.2, 0) is 6.54 Å². The third-order valence-electron chi connectivity index (χ3n) is 5.36. The minimum atomic E-state index is -0.899. The zero-order valence-corrected chi connectivity index (χ0v) is 15.7. The van der Waals surface area contributed by atoms with Gasteiger partial charge in [0.2, 0.25) is 0 Å². The van der Waals surface area contributed by atoms with Crippen LogP contribution in [0.15, 0.2) is 67.1 Å². The average molecular weight is 373 g/mol. The highest BCUT2D eigenvalue weighted by atomic mass is 16.4. The Hall–Kier alpha value is -3.05. The van der Waals surface area contributed by atoms with E-state index in [0.717, 1.165) is 36.5 Å². The van der Waals surface area contributed by atoms with Crippen molar-refractivity contribution in [1.82, 2.24) is 14.9 Å². The molecule has 142 valence electrons. The maximum absolute atomic E-state index is 11.5. The zero-order chi connectivity index (χ0) is 19.3. The summed E-state index contributed by atoms with van der Waals surface area (Å²) in [6, 6.07) is 17.4. The molecule has 3 aromatic rings. The number of likely N-dealkylation sites (tertiary alicyclic amines) is 1. The molecule has 0 unspecified atom stereocenters. The Morgan fingerprint density at radius 2 is 1.93 bits per heavy atom. The van der Waals surface area contributed by atoms with E-state index in [1.165, 1.54) is 18.4 Å². The molecule has 0 aliphatic carbocycles. The van der Waals surface area contributed by atoms with Gasteiger partial charge in [0.25, 0.3) is 0 Å². The van der Waals surface area contributed by atoms with Crippen molar-refractivity contribution in [3.63, 3.8) is 0 Å². The van der Waals surface area contributed by atoms with Crippen molar-refractivity contribution in [1.29, 1.82) is 0 Å². The Morgan fingerprint density at radius 3 is 2.68 bits per heavy atom. The molecule has 5 nitrogen and oxygen atoms in total. The fourth-order valence-corrected chi connectivity index (χ4v) is 3.95. The molecule has 1 fully saturated rings. The van der Waals surface area contributed by atoms with Gasteiger partial charge in [0.15, 0.2) is 0 Å². The van der Waals surface area contributed by atoms with Gasteiger partial charge < -0.3 is 5.11 Å². The second-order valence-corrected chi connectivity index (χ2v) is 7.26. The molecule has 0 saturated carbocycles. The second-order valence-electron chi connectivity index (χ2n) is 7.26. The summed E-state index contributed by atoms with van der Waals surface area (Å²) in [6.07, 6.45) is 5.77. The van der Waals surface area contributed by atoms with Crippen molar-refractivity contribution in [2.75, 3.05) is 13.1 Å². The van der Waals surface area contributed by atoms with Crippen LogP contribution in [-0.4, -0.2) is 39.0 Å². The number of hydrogen-bond acceptors (Lipinski definition) is 4. The van der Waals surface area contributed by atoms with E-state index in [4.69, 9.17) is 0 Å². The first-order valence-corrected chi connectivity index (χ1v) is 9.60. The third-order valence-corrected chi connectivity index (χ3v) is 5.36. The fraction of sp³-hybridized carbons (Fsp3) is 0.261. The van der Waals surface area contributed by atoms with Crippen LogP contribution < -0.4 is 0 Å². The number of carbonyl (C=O) groups is 1. The normalized spacial score (nSPS) is 17.4. The predicted octanol–water partition coefficient (Wildman–Crippen LogP) is 4.22. The molecule has 0 radical (unpaired) electrons. The number of piperidine rings is 1. The summed E-state index contributed by atoms with van der Waals surface area (Å²) in [5.74, 6) is -0.442. The third kappa shape index (κ3) is 4.10. The summed E-state index contributed by atoms with van der Waals surface area (Å²) in [7, 11) is 0. The quantitative estimate of drug-likeness (QED) is 0.725. The van der Waals surface area contributed by atoms with Gasteiger partial charge in [-0.05, 0) is 48.2 Å². The molecule has 1 aliphatic heterocycles. The lowest BCUT2D eigenvalue weighted by molar-refractivity contribution is 0.0697. The van der Waals surface area contributed by atoms with E-state index in [2.05, 4.69) is 27.0 Å². The molecule has 1 atom stereocenters. The standard InChI is InChI=1S/C23H23N3O2/c27-23(28)21-6-2-1-5-20(21)18-9-7-17(8-10-18)14-26-13-3-4-19(15-26)22-11-12-24-16-25-22/h1-2,5-12,16,19H,3-4,13-15H2,(H,27,28)/t19-/m1/s1. The predicted molar refractivity (Wildman–Crippen MR) is 108 cm³/mol. The highest BCUT2D eigenvalue weighted by Crippen LogP contribution is 2.27. The van der Waals surface area contributed by atoms with Gasteiger partial charge in [0.05, 0.1) is 5.56 Å². The molecule has 0 amide bonds. The molecular weight excluding hydrogens is 350 g/mol. The molecule has 1 aliphatic rings. The molecular formula is C23H23N3O2. The molecule has 0 bridgehead atoms. The van der Waals surface area contributed by atoms with Gasteiger partial charge in [-0.25, -0.2) is 14.8 Å². The summed E-state index contributed by atoms with van der Waals surface area (Å²) in [5, 5.41) is 9.40. The van der Waals surface area contributed by atoms with Gasteiger partial charge in [-0.3, -0.25) is 4.90 Å². The number of nitrogens with zero attached hydrogens (tertiary/aromatic N) is 3. The van der Waals surface area contributed by atoms with E-state index in [0.29, 0.717) is 11.5 Å². The van der Waals surface area contributed by atoms with Crippen molar-refractivity contribution >= 4 is 5.97 Å². The minimum Gasteiger partial charge on any atom is -0.478 e. The number of hydrogen-bond donors (Lipinski definition) is 1. The summed E-state index contributed by atoms with van der Waals surface area (Å²) in [5.41, 5.74) is 4.38. The minimum absolute atomic E-state index is 0.332. The fourth-order valence-electron chi connectivity index (χ4n) is 3.95. The maximum Gasteiger partial charge on any atom is 0.336 e. The molecule has 28 heavy (non-hydrogen) atoms. The lowest BCUT2D eigenvalue weighted by Gasteiger charge is -2.32. The Bertz CT molecular complexity index is 942. The van der Waals surface area contributed by atoms with Crippen molar-refractivity contribution in [2.45, 2.75) is 25.3 Å². The molecule has 2 aromatic carbocycles. The van der Waals surface area contributed by atoms with E-state index < -0.39 is 5.97 Å². The van der Waals surface area contributed by atoms with E-state index in [9.17, 15) is 9.90 Å². The van der Waals surface area contributed by atoms with Crippen LogP contribution in [0.4, 0.5) is 0 Å². The van der Waals surface area contributed by atoms with Crippen LogP contribution in [0.2, 0.25) is 0 Å². The average Bonchev–Trinajstić information content (AvgIpc) is 2.75. The highest BCUT2D eigenvalue weighted by molar-refractivity contribution is 5.95. The van der Waals surface area contributed by atoms with Crippen molar-refractivity contribution < 1.29 is 9.90 Å². The van der Waals surface area contributed by atoms with Gasteiger partial charge in [0.1, 0.15) is 6.33 Å². The maximum atomic E-state index is 11.5. The number of aromatic nitrogens is 2. The van der Waals surface area contributed by atoms with Crippen LogP contribution in [0.3, 0.4) is 0 Å². The Kier molecular flexibility index (Phi) is 5.44.